The molecule has 3 aliphatic rings. The molecule has 6 heteroatoms. The van der Waals surface area contributed by atoms with Gasteiger partial charge in [0.1, 0.15) is 6.17 Å². The van der Waals surface area contributed by atoms with Crippen LogP contribution >= 0.6 is 0 Å². The summed E-state index contributed by atoms with van der Waals surface area (Å²) in [4.78, 5) is 19.0. The van der Waals surface area contributed by atoms with Crippen molar-refractivity contribution in [1.29, 1.82) is 0 Å². The SMILES string of the molecule is COc1cc(C2C(=O)N3CCc4ccccc4C3N3CCc4ccccc4C23)cc(OC)c1OC. The molecule has 3 heterocycles. The number of amides is 1. The summed E-state index contributed by atoms with van der Waals surface area (Å²) < 4.78 is 16.9. The van der Waals surface area contributed by atoms with Crippen LogP contribution in [0.1, 0.15) is 45.9 Å². The van der Waals surface area contributed by atoms with Crippen LogP contribution in [0.3, 0.4) is 0 Å². The molecule has 180 valence electrons. The average molecular weight is 471 g/mol. The van der Waals surface area contributed by atoms with Crippen molar-refractivity contribution in [1.82, 2.24) is 9.80 Å². The third-order valence-electron chi connectivity index (χ3n) is 7.85. The van der Waals surface area contributed by atoms with Crippen LogP contribution in [0.2, 0.25) is 0 Å². The van der Waals surface area contributed by atoms with Gasteiger partial charge in [-0.05, 0) is 52.8 Å². The van der Waals surface area contributed by atoms with Crippen LogP contribution in [-0.2, 0) is 17.6 Å². The first kappa shape index (κ1) is 22.0. The molecule has 0 saturated carbocycles. The maximum atomic E-state index is 14.4. The molecule has 3 aromatic rings. The molecule has 0 N–H and O–H groups in total. The summed E-state index contributed by atoms with van der Waals surface area (Å²) in [6.45, 7) is 1.61. The van der Waals surface area contributed by atoms with Crippen LogP contribution in [-0.4, -0.2) is 50.1 Å². The Morgan fingerprint density at radius 1 is 0.771 bits per heavy atom. The average Bonchev–Trinajstić information content (AvgIpc) is 2.91. The van der Waals surface area contributed by atoms with Crippen molar-refractivity contribution >= 4 is 5.91 Å². The molecule has 6 rings (SSSR count). The normalized spacial score (nSPS) is 23.0. The molecule has 0 radical (unpaired) electrons. The minimum atomic E-state index is -0.383. The molecule has 1 amide bonds. The van der Waals surface area contributed by atoms with Gasteiger partial charge in [0.25, 0.3) is 0 Å². The quantitative estimate of drug-likeness (QED) is 0.562. The van der Waals surface area contributed by atoms with Gasteiger partial charge in [0.15, 0.2) is 11.5 Å². The second-order valence-corrected chi connectivity index (χ2v) is 9.42. The summed E-state index contributed by atoms with van der Waals surface area (Å²) in [6, 6.07) is 20.9. The van der Waals surface area contributed by atoms with Crippen molar-refractivity contribution in [2.45, 2.75) is 31.0 Å². The molecule has 0 bridgehead atoms. The van der Waals surface area contributed by atoms with Gasteiger partial charge in [-0.1, -0.05) is 48.5 Å². The number of fused-ring (bicyclic) bond motifs is 7. The van der Waals surface area contributed by atoms with Gasteiger partial charge >= 0.3 is 0 Å². The highest BCUT2D eigenvalue weighted by Gasteiger charge is 2.51. The van der Waals surface area contributed by atoms with E-state index in [1.807, 2.05) is 12.1 Å². The van der Waals surface area contributed by atoms with E-state index in [0.29, 0.717) is 23.8 Å². The standard InChI is InChI=1S/C29H30N2O4/c1-33-23-16-20(17-24(34-2)27(23)35-3)25-26-21-10-6-4-8-18(21)12-14-30(26)28-22-11-7-5-9-19(22)13-15-31(28)29(25)32/h4-11,16-17,25-26,28H,12-15H2,1-3H3. The Labute approximate surface area is 206 Å². The molecule has 35 heavy (non-hydrogen) atoms. The highest BCUT2D eigenvalue weighted by atomic mass is 16.5. The maximum Gasteiger partial charge on any atom is 0.233 e. The minimum Gasteiger partial charge on any atom is -0.493 e. The number of methoxy groups -OCH3 is 3. The molecule has 6 nitrogen and oxygen atoms in total. The van der Waals surface area contributed by atoms with Gasteiger partial charge in [-0.15, -0.1) is 0 Å². The van der Waals surface area contributed by atoms with Gasteiger partial charge in [0.05, 0.1) is 33.3 Å². The molecular formula is C29H30N2O4. The largest absolute Gasteiger partial charge is 0.493 e. The molecule has 1 saturated heterocycles. The van der Waals surface area contributed by atoms with Crippen molar-refractivity contribution in [3.05, 3.63) is 88.5 Å². The molecule has 3 aliphatic heterocycles. The van der Waals surface area contributed by atoms with Crippen molar-refractivity contribution in [2.24, 2.45) is 0 Å². The van der Waals surface area contributed by atoms with Crippen molar-refractivity contribution in [2.75, 3.05) is 34.4 Å². The smallest absolute Gasteiger partial charge is 0.233 e. The van der Waals surface area contributed by atoms with E-state index in [1.165, 1.54) is 22.3 Å². The Bertz CT molecular complexity index is 1260. The highest BCUT2D eigenvalue weighted by molar-refractivity contribution is 5.87. The van der Waals surface area contributed by atoms with Gasteiger partial charge < -0.3 is 19.1 Å². The first-order valence-corrected chi connectivity index (χ1v) is 12.2. The lowest BCUT2D eigenvalue weighted by atomic mass is 9.76. The second kappa shape index (κ2) is 8.61. The predicted molar refractivity (Wildman–Crippen MR) is 133 cm³/mol. The first-order chi connectivity index (χ1) is 17.2. The van der Waals surface area contributed by atoms with E-state index < -0.39 is 0 Å². The molecular weight excluding hydrogens is 440 g/mol. The lowest BCUT2D eigenvalue weighted by Crippen LogP contribution is -2.59. The lowest BCUT2D eigenvalue weighted by molar-refractivity contribution is -0.155. The van der Waals surface area contributed by atoms with Crippen LogP contribution in [0, 0.1) is 0 Å². The van der Waals surface area contributed by atoms with Crippen LogP contribution < -0.4 is 14.2 Å². The number of benzene rings is 3. The van der Waals surface area contributed by atoms with Crippen molar-refractivity contribution < 1.29 is 19.0 Å². The van der Waals surface area contributed by atoms with E-state index in [4.69, 9.17) is 14.2 Å². The number of hydrogen-bond acceptors (Lipinski definition) is 5. The fourth-order valence-corrected chi connectivity index (χ4v) is 6.32. The van der Waals surface area contributed by atoms with E-state index >= 15 is 0 Å². The van der Waals surface area contributed by atoms with E-state index in [2.05, 4.69) is 58.3 Å². The topological polar surface area (TPSA) is 51.2 Å². The predicted octanol–water partition coefficient (Wildman–Crippen LogP) is 4.49. The van der Waals surface area contributed by atoms with E-state index in [9.17, 15) is 4.79 Å². The molecule has 3 atom stereocenters. The first-order valence-electron chi connectivity index (χ1n) is 12.2. The molecule has 0 spiro atoms. The van der Waals surface area contributed by atoms with E-state index in [1.54, 1.807) is 21.3 Å². The monoisotopic (exact) mass is 470 g/mol. The van der Waals surface area contributed by atoms with Crippen LogP contribution in [0.4, 0.5) is 0 Å². The zero-order valence-electron chi connectivity index (χ0n) is 20.4. The fraction of sp³-hybridized carbons (Fsp3) is 0.345. The van der Waals surface area contributed by atoms with Crippen LogP contribution in [0.5, 0.6) is 17.2 Å². The number of nitrogens with zero attached hydrogens (tertiary/aromatic N) is 2. The summed E-state index contributed by atoms with van der Waals surface area (Å²) in [6.07, 6.45) is 1.79. The van der Waals surface area contributed by atoms with Gasteiger partial charge in [0, 0.05) is 13.1 Å². The summed E-state index contributed by atoms with van der Waals surface area (Å²) in [5.41, 5.74) is 6.02. The van der Waals surface area contributed by atoms with Crippen molar-refractivity contribution in [3.8, 4) is 17.2 Å². The summed E-state index contributed by atoms with van der Waals surface area (Å²) in [7, 11) is 4.83. The number of rotatable bonds is 4. The minimum absolute atomic E-state index is 0.0518. The zero-order valence-corrected chi connectivity index (χ0v) is 20.4. The number of carbonyl (C=O) groups excluding carboxylic acids is 1. The third-order valence-corrected chi connectivity index (χ3v) is 7.85. The summed E-state index contributed by atoms with van der Waals surface area (Å²) in [5.74, 6) is 1.43. The molecule has 1 fully saturated rings. The summed E-state index contributed by atoms with van der Waals surface area (Å²) >= 11 is 0. The highest BCUT2D eigenvalue weighted by Crippen LogP contribution is 2.53. The lowest BCUT2D eigenvalue weighted by Gasteiger charge is -2.55. The zero-order chi connectivity index (χ0) is 24.1. The Balaban J connectivity index is 1.56. The number of ether oxygens (including phenoxy) is 3. The fourth-order valence-electron chi connectivity index (χ4n) is 6.32. The number of hydrogen-bond donors (Lipinski definition) is 0. The Morgan fingerprint density at radius 2 is 1.37 bits per heavy atom. The van der Waals surface area contributed by atoms with Gasteiger partial charge in [-0.3, -0.25) is 9.69 Å². The van der Waals surface area contributed by atoms with E-state index in [0.717, 1.165) is 24.9 Å². The third kappa shape index (κ3) is 3.31. The van der Waals surface area contributed by atoms with Crippen LogP contribution in [0.15, 0.2) is 60.7 Å². The van der Waals surface area contributed by atoms with Crippen LogP contribution in [0.25, 0.3) is 0 Å². The van der Waals surface area contributed by atoms with E-state index in [-0.39, 0.29) is 24.0 Å². The van der Waals surface area contributed by atoms with Gasteiger partial charge in [0.2, 0.25) is 11.7 Å². The Kier molecular flexibility index (Phi) is 5.41. The number of carbonyl (C=O) groups is 1. The van der Waals surface area contributed by atoms with Crippen molar-refractivity contribution in [3.63, 3.8) is 0 Å². The second-order valence-electron chi connectivity index (χ2n) is 9.42. The molecule has 0 aliphatic carbocycles. The molecule has 3 aromatic carbocycles. The Morgan fingerprint density at radius 3 is 2.03 bits per heavy atom. The maximum absolute atomic E-state index is 14.4. The Hall–Kier alpha value is -3.51. The van der Waals surface area contributed by atoms with Gasteiger partial charge in [-0.2, -0.15) is 0 Å². The molecule has 3 unspecified atom stereocenters. The molecule has 0 aromatic heterocycles. The van der Waals surface area contributed by atoms with Gasteiger partial charge in [-0.25, -0.2) is 0 Å². The summed E-state index contributed by atoms with van der Waals surface area (Å²) in [5, 5.41) is 0.